The van der Waals surface area contributed by atoms with Crippen LogP contribution in [-0.2, 0) is 0 Å². The third-order valence-corrected chi connectivity index (χ3v) is 2.52. The van der Waals surface area contributed by atoms with E-state index < -0.39 is 0 Å². The highest BCUT2D eigenvalue weighted by Crippen LogP contribution is 2.14. The minimum absolute atomic E-state index is 0.952. The summed E-state index contributed by atoms with van der Waals surface area (Å²) in [5.41, 5.74) is 1.91. The second-order valence-corrected chi connectivity index (χ2v) is 3.39. The minimum Gasteiger partial charge on any atom is -0.356 e. The summed E-state index contributed by atoms with van der Waals surface area (Å²) in [7, 11) is 0. The Kier molecular flexibility index (Phi) is 2.81. The number of hydrogen-bond acceptors (Lipinski definition) is 3. The van der Waals surface area contributed by atoms with Gasteiger partial charge in [-0.2, -0.15) is 0 Å². The number of nitrogens with zero attached hydrogens (tertiary/aromatic N) is 3. The first-order chi connectivity index (χ1) is 7.35. The molecule has 78 valence electrons. The molecule has 0 amide bonds. The fourth-order valence-corrected chi connectivity index (χ4v) is 1.65. The highest BCUT2D eigenvalue weighted by atomic mass is 15.2. The first kappa shape index (κ1) is 9.90. The molecule has 0 saturated heterocycles. The summed E-state index contributed by atoms with van der Waals surface area (Å²) in [5, 5.41) is 0. The van der Waals surface area contributed by atoms with E-state index >= 15 is 0 Å². The van der Waals surface area contributed by atoms with Gasteiger partial charge in [-0.05, 0) is 26.0 Å². The summed E-state index contributed by atoms with van der Waals surface area (Å²) in [4.78, 5) is 11.2. The number of fused-ring (bicyclic) bond motifs is 1. The van der Waals surface area contributed by atoms with Crippen LogP contribution in [0.3, 0.4) is 0 Å². The molecule has 0 bridgehead atoms. The number of aromatic nitrogens is 2. The van der Waals surface area contributed by atoms with Crippen LogP contribution in [0.4, 0.5) is 5.82 Å². The van der Waals surface area contributed by atoms with Crippen LogP contribution in [0.15, 0.2) is 30.5 Å². The van der Waals surface area contributed by atoms with Gasteiger partial charge in [-0.3, -0.25) is 4.98 Å². The van der Waals surface area contributed by atoms with Crippen LogP contribution in [0.1, 0.15) is 13.8 Å². The second kappa shape index (κ2) is 4.26. The molecule has 0 radical (unpaired) electrons. The first-order valence-corrected chi connectivity index (χ1v) is 5.32. The third-order valence-electron chi connectivity index (χ3n) is 2.52. The smallest absolute Gasteiger partial charge is 0.147 e. The van der Waals surface area contributed by atoms with E-state index in [-0.39, 0.29) is 0 Å². The molecule has 1 aromatic carbocycles. The monoisotopic (exact) mass is 201 g/mol. The van der Waals surface area contributed by atoms with Crippen LogP contribution in [0.2, 0.25) is 0 Å². The molecule has 1 heterocycles. The van der Waals surface area contributed by atoms with E-state index in [4.69, 9.17) is 0 Å². The van der Waals surface area contributed by atoms with Gasteiger partial charge in [0.2, 0.25) is 0 Å². The van der Waals surface area contributed by atoms with Crippen molar-refractivity contribution in [3.63, 3.8) is 0 Å². The van der Waals surface area contributed by atoms with Crippen molar-refractivity contribution in [1.29, 1.82) is 0 Å². The van der Waals surface area contributed by atoms with Gasteiger partial charge >= 0.3 is 0 Å². The first-order valence-electron chi connectivity index (χ1n) is 5.32. The predicted molar refractivity (Wildman–Crippen MR) is 63.1 cm³/mol. The van der Waals surface area contributed by atoms with Gasteiger partial charge in [0, 0.05) is 13.1 Å². The van der Waals surface area contributed by atoms with E-state index in [1.165, 1.54) is 0 Å². The molecular formula is C12H15N3. The van der Waals surface area contributed by atoms with Crippen LogP contribution in [0.25, 0.3) is 11.0 Å². The van der Waals surface area contributed by atoms with Crippen molar-refractivity contribution in [3.05, 3.63) is 30.5 Å². The molecule has 0 unspecified atom stereocenters. The van der Waals surface area contributed by atoms with Crippen LogP contribution in [-0.4, -0.2) is 23.1 Å². The molecule has 0 aliphatic heterocycles. The Morgan fingerprint density at radius 2 is 1.73 bits per heavy atom. The average molecular weight is 201 g/mol. The minimum atomic E-state index is 0.952. The van der Waals surface area contributed by atoms with Crippen molar-refractivity contribution in [2.45, 2.75) is 13.8 Å². The summed E-state index contributed by atoms with van der Waals surface area (Å²) in [5.74, 6) is 0.957. The van der Waals surface area contributed by atoms with Crippen molar-refractivity contribution in [2.75, 3.05) is 18.0 Å². The molecular weight excluding hydrogens is 186 g/mol. The maximum Gasteiger partial charge on any atom is 0.147 e. The van der Waals surface area contributed by atoms with Gasteiger partial charge in [-0.25, -0.2) is 4.98 Å². The van der Waals surface area contributed by atoms with E-state index in [1.54, 1.807) is 0 Å². The molecule has 0 aliphatic carbocycles. The van der Waals surface area contributed by atoms with Gasteiger partial charge in [0.05, 0.1) is 17.2 Å². The molecule has 1 aromatic heterocycles. The fourth-order valence-electron chi connectivity index (χ4n) is 1.65. The summed E-state index contributed by atoms with van der Waals surface area (Å²) in [6.07, 6.45) is 1.84. The Morgan fingerprint density at radius 3 is 2.40 bits per heavy atom. The quantitative estimate of drug-likeness (QED) is 0.764. The van der Waals surface area contributed by atoms with Gasteiger partial charge in [-0.15, -0.1) is 0 Å². The van der Waals surface area contributed by atoms with Gasteiger partial charge in [0.15, 0.2) is 0 Å². The van der Waals surface area contributed by atoms with Crippen LogP contribution in [0, 0.1) is 0 Å². The van der Waals surface area contributed by atoms with Gasteiger partial charge < -0.3 is 4.90 Å². The predicted octanol–water partition coefficient (Wildman–Crippen LogP) is 2.48. The lowest BCUT2D eigenvalue weighted by atomic mass is 10.3. The molecule has 15 heavy (non-hydrogen) atoms. The zero-order valence-corrected chi connectivity index (χ0v) is 9.14. The Morgan fingerprint density at radius 1 is 1.07 bits per heavy atom. The van der Waals surface area contributed by atoms with Crippen molar-refractivity contribution in [1.82, 2.24) is 9.97 Å². The van der Waals surface area contributed by atoms with Crippen molar-refractivity contribution < 1.29 is 0 Å². The zero-order valence-electron chi connectivity index (χ0n) is 9.14. The standard InChI is InChI=1S/C12H15N3/c1-3-15(4-2)12-9-13-10-7-5-6-8-11(10)14-12/h5-9H,3-4H2,1-2H3. The van der Waals surface area contributed by atoms with Crippen LogP contribution < -0.4 is 4.90 Å². The Hall–Kier alpha value is -1.64. The second-order valence-electron chi connectivity index (χ2n) is 3.39. The number of benzene rings is 1. The molecule has 0 fully saturated rings. The van der Waals surface area contributed by atoms with Crippen molar-refractivity contribution in [2.24, 2.45) is 0 Å². The summed E-state index contributed by atoms with van der Waals surface area (Å²) >= 11 is 0. The van der Waals surface area contributed by atoms with Crippen molar-refractivity contribution in [3.8, 4) is 0 Å². The molecule has 2 aromatic rings. The molecule has 0 aliphatic rings. The van der Waals surface area contributed by atoms with Crippen LogP contribution >= 0.6 is 0 Å². The van der Waals surface area contributed by atoms with E-state index in [0.717, 1.165) is 29.9 Å². The Bertz CT molecular complexity index is 449. The van der Waals surface area contributed by atoms with E-state index in [1.807, 2.05) is 30.5 Å². The molecule has 0 saturated carbocycles. The van der Waals surface area contributed by atoms with Gasteiger partial charge in [0.1, 0.15) is 5.82 Å². The highest BCUT2D eigenvalue weighted by molar-refractivity contribution is 5.75. The zero-order chi connectivity index (χ0) is 10.7. The largest absolute Gasteiger partial charge is 0.356 e. The van der Waals surface area contributed by atoms with Crippen molar-refractivity contribution >= 4 is 16.9 Å². The molecule has 2 rings (SSSR count). The van der Waals surface area contributed by atoms with E-state index in [2.05, 4.69) is 28.7 Å². The summed E-state index contributed by atoms with van der Waals surface area (Å²) < 4.78 is 0. The van der Waals surface area contributed by atoms with Gasteiger partial charge in [-0.1, -0.05) is 12.1 Å². The lowest BCUT2D eigenvalue weighted by molar-refractivity contribution is 0.846. The number of para-hydroxylation sites is 2. The number of rotatable bonds is 3. The molecule has 0 N–H and O–H groups in total. The normalized spacial score (nSPS) is 10.5. The topological polar surface area (TPSA) is 29.0 Å². The Balaban J connectivity index is 2.46. The fraction of sp³-hybridized carbons (Fsp3) is 0.333. The Labute approximate surface area is 89.8 Å². The lowest BCUT2D eigenvalue weighted by Gasteiger charge is -2.19. The van der Waals surface area contributed by atoms with E-state index in [0.29, 0.717) is 0 Å². The van der Waals surface area contributed by atoms with Crippen LogP contribution in [0.5, 0.6) is 0 Å². The van der Waals surface area contributed by atoms with Gasteiger partial charge in [0.25, 0.3) is 0 Å². The lowest BCUT2D eigenvalue weighted by Crippen LogP contribution is -2.23. The summed E-state index contributed by atoms with van der Waals surface area (Å²) in [6, 6.07) is 7.95. The molecule has 0 spiro atoms. The number of hydrogen-bond donors (Lipinski definition) is 0. The third kappa shape index (κ3) is 1.91. The number of anilines is 1. The molecule has 3 nitrogen and oxygen atoms in total. The van der Waals surface area contributed by atoms with E-state index in [9.17, 15) is 0 Å². The maximum atomic E-state index is 4.58. The highest BCUT2D eigenvalue weighted by Gasteiger charge is 2.04. The maximum absolute atomic E-state index is 4.58. The molecule has 3 heteroatoms. The SMILES string of the molecule is CCN(CC)c1cnc2ccccc2n1. The average Bonchev–Trinajstić information content (AvgIpc) is 2.30. The summed E-state index contributed by atoms with van der Waals surface area (Å²) in [6.45, 7) is 6.17. The molecule has 0 atom stereocenters.